The van der Waals surface area contributed by atoms with E-state index in [9.17, 15) is 0 Å². The Hall–Kier alpha value is -0.0800. The van der Waals surface area contributed by atoms with Gasteiger partial charge in [-0.25, -0.2) is 0 Å². The lowest BCUT2D eigenvalue weighted by Gasteiger charge is -2.24. The molecule has 2 heterocycles. The summed E-state index contributed by atoms with van der Waals surface area (Å²) in [4.78, 5) is 2.55. The lowest BCUT2D eigenvalue weighted by atomic mass is 9.83. The molecule has 0 saturated carbocycles. The molecule has 0 aromatic heterocycles. The van der Waals surface area contributed by atoms with Crippen molar-refractivity contribution >= 4 is 0 Å². The first-order valence-corrected chi connectivity index (χ1v) is 8.45. The monoisotopic (exact) mass is 267 g/mol. The lowest BCUT2D eigenvalue weighted by molar-refractivity contribution is -0.880. The van der Waals surface area contributed by atoms with Gasteiger partial charge in [0.15, 0.2) is 0 Å². The third-order valence-electron chi connectivity index (χ3n) is 5.84. The molecule has 0 N–H and O–H groups in total. The van der Waals surface area contributed by atoms with E-state index >= 15 is 0 Å². The molecule has 4 atom stereocenters. The zero-order valence-electron chi connectivity index (χ0n) is 13.9. The number of hydrogen-bond donors (Lipinski definition) is 0. The molecule has 4 unspecified atom stereocenters. The molecule has 0 aromatic carbocycles. The molecule has 0 aromatic rings. The second-order valence-corrected chi connectivity index (χ2v) is 7.96. The molecule has 0 bridgehead atoms. The number of likely N-dealkylation sites (tertiary alicyclic amines) is 2. The van der Waals surface area contributed by atoms with Crippen LogP contribution in [0.2, 0.25) is 0 Å². The maximum absolute atomic E-state index is 2.55. The highest BCUT2D eigenvalue weighted by Crippen LogP contribution is 2.36. The minimum atomic E-state index is 0.967. The van der Waals surface area contributed by atoms with Crippen molar-refractivity contribution in [1.29, 1.82) is 0 Å². The van der Waals surface area contributed by atoms with Crippen LogP contribution in [0.4, 0.5) is 0 Å². The van der Waals surface area contributed by atoms with Gasteiger partial charge in [-0.15, -0.1) is 0 Å². The van der Waals surface area contributed by atoms with Crippen LogP contribution < -0.4 is 0 Å². The molecule has 2 rings (SSSR count). The molecule has 0 spiro atoms. The number of hydrogen-bond acceptors (Lipinski definition) is 1. The minimum Gasteiger partial charge on any atom is -0.328 e. The standard InChI is InChI=1S/C17H35N2/c1-6-14-10-18(3)11-16(14)8-9-17-13-19(4,5)12-15(17)7-2/h14-17H,6-13H2,1-5H3/q+1. The fourth-order valence-electron chi connectivity index (χ4n) is 4.82. The van der Waals surface area contributed by atoms with Gasteiger partial charge in [-0.05, 0) is 38.1 Å². The molecule has 2 aliphatic heterocycles. The summed E-state index contributed by atoms with van der Waals surface area (Å²) in [5, 5.41) is 0. The van der Waals surface area contributed by atoms with E-state index in [1.54, 1.807) is 0 Å². The fraction of sp³-hybridized carbons (Fsp3) is 1.00. The first-order chi connectivity index (χ1) is 8.95. The predicted molar refractivity (Wildman–Crippen MR) is 83.1 cm³/mol. The third-order valence-corrected chi connectivity index (χ3v) is 5.84. The first-order valence-electron chi connectivity index (χ1n) is 8.45. The highest BCUT2D eigenvalue weighted by molar-refractivity contribution is 4.83. The summed E-state index contributed by atoms with van der Waals surface area (Å²) in [5.74, 6) is 3.91. The zero-order valence-corrected chi connectivity index (χ0v) is 13.9. The topological polar surface area (TPSA) is 3.24 Å². The average molecular weight is 267 g/mol. The third kappa shape index (κ3) is 3.72. The Balaban J connectivity index is 1.84. The van der Waals surface area contributed by atoms with Crippen LogP contribution in [0.3, 0.4) is 0 Å². The van der Waals surface area contributed by atoms with Gasteiger partial charge < -0.3 is 9.38 Å². The average Bonchev–Trinajstić information content (AvgIpc) is 2.85. The second-order valence-electron chi connectivity index (χ2n) is 7.96. The van der Waals surface area contributed by atoms with Crippen LogP contribution in [0, 0.1) is 23.7 Å². The Morgan fingerprint density at radius 2 is 1.37 bits per heavy atom. The van der Waals surface area contributed by atoms with E-state index in [1.807, 2.05) is 0 Å². The molecule has 112 valence electrons. The smallest absolute Gasteiger partial charge is 0.0816 e. The molecule has 2 fully saturated rings. The molecule has 19 heavy (non-hydrogen) atoms. The zero-order chi connectivity index (χ0) is 14.0. The lowest BCUT2D eigenvalue weighted by Crippen LogP contribution is -2.37. The van der Waals surface area contributed by atoms with Crippen LogP contribution in [-0.4, -0.2) is 56.7 Å². The van der Waals surface area contributed by atoms with Crippen molar-refractivity contribution in [2.24, 2.45) is 23.7 Å². The highest BCUT2D eigenvalue weighted by atomic mass is 15.3. The van der Waals surface area contributed by atoms with Crippen molar-refractivity contribution in [2.45, 2.75) is 39.5 Å². The second kappa shape index (κ2) is 6.13. The van der Waals surface area contributed by atoms with Gasteiger partial charge in [0.05, 0.1) is 27.2 Å². The number of nitrogens with zero attached hydrogens (tertiary/aromatic N) is 2. The van der Waals surface area contributed by atoms with E-state index in [0.717, 1.165) is 23.7 Å². The molecule has 0 aliphatic carbocycles. The summed E-state index contributed by atoms with van der Waals surface area (Å²) in [6.45, 7) is 10.3. The van der Waals surface area contributed by atoms with Crippen molar-refractivity contribution < 1.29 is 4.48 Å². The quantitative estimate of drug-likeness (QED) is 0.692. The van der Waals surface area contributed by atoms with Gasteiger partial charge in [-0.3, -0.25) is 0 Å². The fourth-order valence-corrected chi connectivity index (χ4v) is 4.82. The molecule has 2 saturated heterocycles. The van der Waals surface area contributed by atoms with Gasteiger partial charge in [0.1, 0.15) is 0 Å². The van der Waals surface area contributed by atoms with Crippen LogP contribution in [0.25, 0.3) is 0 Å². The van der Waals surface area contributed by atoms with Gasteiger partial charge in [0.25, 0.3) is 0 Å². The van der Waals surface area contributed by atoms with E-state index in [4.69, 9.17) is 0 Å². The van der Waals surface area contributed by atoms with E-state index < -0.39 is 0 Å². The minimum absolute atomic E-state index is 0.967. The molecule has 0 amide bonds. The van der Waals surface area contributed by atoms with Gasteiger partial charge in [-0.1, -0.05) is 20.3 Å². The van der Waals surface area contributed by atoms with Gasteiger partial charge in [0, 0.05) is 24.9 Å². The van der Waals surface area contributed by atoms with Crippen molar-refractivity contribution in [3.63, 3.8) is 0 Å². The van der Waals surface area contributed by atoms with E-state index in [0.29, 0.717) is 0 Å². The van der Waals surface area contributed by atoms with Crippen LogP contribution >= 0.6 is 0 Å². The predicted octanol–water partition coefficient (Wildman–Crippen LogP) is 3.09. The van der Waals surface area contributed by atoms with Crippen LogP contribution in [0.5, 0.6) is 0 Å². The summed E-state index contributed by atoms with van der Waals surface area (Å²) in [5.41, 5.74) is 0. The van der Waals surface area contributed by atoms with Crippen molar-refractivity contribution in [2.75, 3.05) is 47.3 Å². The maximum Gasteiger partial charge on any atom is 0.0816 e. The number of quaternary nitrogens is 1. The molecular formula is C17H35N2+. The van der Waals surface area contributed by atoms with Crippen LogP contribution in [0.15, 0.2) is 0 Å². The van der Waals surface area contributed by atoms with Crippen molar-refractivity contribution in [3.8, 4) is 0 Å². The molecule has 2 nitrogen and oxygen atoms in total. The van der Waals surface area contributed by atoms with Crippen molar-refractivity contribution in [3.05, 3.63) is 0 Å². The Kier molecular flexibility index (Phi) is 4.94. The Bertz CT molecular complexity index is 287. The van der Waals surface area contributed by atoms with Gasteiger partial charge in [-0.2, -0.15) is 0 Å². The SMILES string of the molecule is CCC1CN(C)CC1CCC1C[N+](C)(C)CC1CC. The molecule has 2 aliphatic rings. The van der Waals surface area contributed by atoms with Crippen LogP contribution in [-0.2, 0) is 0 Å². The summed E-state index contributed by atoms with van der Waals surface area (Å²) in [7, 11) is 7.13. The van der Waals surface area contributed by atoms with E-state index in [2.05, 4.69) is 39.9 Å². The summed E-state index contributed by atoms with van der Waals surface area (Å²) < 4.78 is 1.25. The Morgan fingerprint density at radius 1 is 0.842 bits per heavy atom. The number of rotatable bonds is 5. The largest absolute Gasteiger partial charge is 0.328 e. The maximum atomic E-state index is 2.55. The van der Waals surface area contributed by atoms with E-state index in [1.165, 1.54) is 56.3 Å². The van der Waals surface area contributed by atoms with Gasteiger partial charge in [0.2, 0.25) is 0 Å². The summed E-state index contributed by atoms with van der Waals surface area (Å²) >= 11 is 0. The van der Waals surface area contributed by atoms with Crippen LogP contribution in [0.1, 0.15) is 39.5 Å². The molecule has 2 heteroatoms. The van der Waals surface area contributed by atoms with E-state index in [-0.39, 0.29) is 0 Å². The molecular weight excluding hydrogens is 232 g/mol. The summed E-state index contributed by atoms with van der Waals surface area (Å²) in [6.07, 6.45) is 5.71. The Morgan fingerprint density at radius 3 is 2.00 bits per heavy atom. The van der Waals surface area contributed by atoms with Gasteiger partial charge >= 0.3 is 0 Å². The summed E-state index contributed by atoms with van der Waals surface area (Å²) in [6, 6.07) is 0. The normalized spacial score (nSPS) is 39.0. The Labute approximate surface area is 120 Å². The molecule has 0 radical (unpaired) electrons. The first kappa shape index (κ1) is 15.3. The van der Waals surface area contributed by atoms with Crippen molar-refractivity contribution in [1.82, 2.24) is 4.90 Å². The highest BCUT2D eigenvalue weighted by Gasteiger charge is 2.39.